The van der Waals surface area contributed by atoms with Crippen molar-refractivity contribution in [3.63, 3.8) is 0 Å². The molecule has 3 N–H and O–H groups in total. The quantitative estimate of drug-likeness (QED) is 0.654. The maximum Gasteiger partial charge on any atom is 0.193 e. The Morgan fingerprint density at radius 2 is 1.90 bits per heavy atom. The van der Waals surface area contributed by atoms with Gasteiger partial charge < -0.3 is 15.8 Å². The molecular formula is C17H21N3O. The Balaban J connectivity index is 1.96. The summed E-state index contributed by atoms with van der Waals surface area (Å²) in [4.78, 5) is 4.34. The van der Waals surface area contributed by atoms with Crippen LogP contribution >= 0.6 is 0 Å². The van der Waals surface area contributed by atoms with E-state index in [4.69, 9.17) is 10.5 Å². The number of guanidine groups is 1. The number of ether oxygens (including phenoxy) is 1. The molecule has 0 aliphatic rings. The molecule has 0 unspecified atom stereocenters. The number of anilines is 1. The van der Waals surface area contributed by atoms with Gasteiger partial charge in [0.1, 0.15) is 5.75 Å². The van der Waals surface area contributed by atoms with Gasteiger partial charge in [-0.1, -0.05) is 31.2 Å². The van der Waals surface area contributed by atoms with E-state index in [0.29, 0.717) is 12.5 Å². The average Bonchev–Trinajstić information content (AvgIpc) is 2.53. The van der Waals surface area contributed by atoms with Gasteiger partial charge in [-0.2, -0.15) is 0 Å². The maximum atomic E-state index is 5.92. The van der Waals surface area contributed by atoms with Gasteiger partial charge in [0, 0.05) is 5.69 Å². The Hall–Kier alpha value is -2.49. The minimum absolute atomic E-state index is 0.416. The molecule has 0 fully saturated rings. The van der Waals surface area contributed by atoms with Gasteiger partial charge in [0.05, 0.1) is 13.7 Å². The van der Waals surface area contributed by atoms with Crippen molar-refractivity contribution in [2.75, 3.05) is 12.4 Å². The molecule has 0 aliphatic carbocycles. The minimum Gasteiger partial charge on any atom is -0.497 e. The number of aliphatic imine (C=N–C) groups is 1. The van der Waals surface area contributed by atoms with Crippen LogP contribution in [0.3, 0.4) is 0 Å². The summed E-state index contributed by atoms with van der Waals surface area (Å²) < 4.78 is 5.12. The molecule has 110 valence electrons. The average molecular weight is 283 g/mol. The van der Waals surface area contributed by atoms with Gasteiger partial charge in [0.2, 0.25) is 0 Å². The molecule has 4 nitrogen and oxygen atoms in total. The highest BCUT2D eigenvalue weighted by atomic mass is 16.5. The van der Waals surface area contributed by atoms with E-state index >= 15 is 0 Å². The van der Waals surface area contributed by atoms with Gasteiger partial charge in [0.15, 0.2) is 5.96 Å². The van der Waals surface area contributed by atoms with Crippen LogP contribution in [0.15, 0.2) is 53.5 Å². The minimum atomic E-state index is 0.416. The van der Waals surface area contributed by atoms with Gasteiger partial charge in [-0.25, -0.2) is 4.99 Å². The van der Waals surface area contributed by atoms with Gasteiger partial charge in [-0.05, 0) is 41.8 Å². The molecule has 0 aromatic heterocycles. The fraction of sp³-hybridized carbons (Fsp3) is 0.235. The first-order valence-corrected chi connectivity index (χ1v) is 7.00. The van der Waals surface area contributed by atoms with E-state index in [0.717, 1.165) is 23.4 Å². The summed E-state index contributed by atoms with van der Waals surface area (Å²) in [5.41, 5.74) is 9.23. The second kappa shape index (κ2) is 7.33. The van der Waals surface area contributed by atoms with Crippen molar-refractivity contribution in [1.29, 1.82) is 0 Å². The predicted molar refractivity (Wildman–Crippen MR) is 87.8 cm³/mol. The normalized spacial score (nSPS) is 11.2. The van der Waals surface area contributed by atoms with E-state index in [9.17, 15) is 0 Å². The Morgan fingerprint density at radius 1 is 1.14 bits per heavy atom. The first-order valence-electron chi connectivity index (χ1n) is 7.00. The van der Waals surface area contributed by atoms with Gasteiger partial charge >= 0.3 is 0 Å². The zero-order valence-electron chi connectivity index (χ0n) is 12.5. The molecule has 21 heavy (non-hydrogen) atoms. The number of nitrogens with two attached hydrogens (primary N) is 1. The summed E-state index contributed by atoms with van der Waals surface area (Å²) in [7, 11) is 1.65. The lowest BCUT2D eigenvalue weighted by atomic mass is 10.1. The summed E-state index contributed by atoms with van der Waals surface area (Å²) in [6.45, 7) is 2.66. The highest BCUT2D eigenvalue weighted by Crippen LogP contribution is 2.13. The third kappa shape index (κ3) is 4.53. The molecule has 2 aromatic carbocycles. The topological polar surface area (TPSA) is 59.6 Å². The molecule has 0 atom stereocenters. The van der Waals surface area contributed by atoms with Crippen LogP contribution in [0.4, 0.5) is 5.69 Å². The van der Waals surface area contributed by atoms with Crippen molar-refractivity contribution >= 4 is 11.6 Å². The van der Waals surface area contributed by atoms with Crippen LogP contribution in [0, 0.1) is 0 Å². The lowest BCUT2D eigenvalue weighted by molar-refractivity contribution is 0.414. The van der Waals surface area contributed by atoms with Gasteiger partial charge in [-0.3, -0.25) is 0 Å². The molecule has 0 saturated heterocycles. The first kappa shape index (κ1) is 14.9. The molecule has 0 heterocycles. The second-order valence-electron chi connectivity index (χ2n) is 4.73. The fourth-order valence-corrected chi connectivity index (χ4v) is 1.96. The van der Waals surface area contributed by atoms with E-state index in [1.54, 1.807) is 7.11 Å². The summed E-state index contributed by atoms with van der Waals surface area (Å²) in [6, 6.07) is 16.0. The molecule has 4 heteroatoms. The van der Waals surface area contributed by atoms with Crippen molar-refractivity contribution < 1.29 is 4.74 Å². The highest BCUT2D eigenvalue weighted by Gasteiger charge is 1.98. The standard InChI is InChI=1S/C17H21N3O/c1-3-13-5-4-6-15(11-13)20-17(18)19-12-14-7-9-16(21-2)10-8-14/h4-11H,3,12H2,1-2H3,(H3,18,19,20). The molecule has 0 spiro atoms. The smallest absolute Gasteiger partial charge is 0.193 e. The van der Waals surface area contributed by atoms with Crippen LogP contribution in [-0.2, 0) is 13.0 Å². The van der Waals surface area contributed by atoms with Crippen molar-refractivity contribution in [3.8, 4) is 5.75 Å². The predicted octanol–water partition coefficient (Wildman–Crippen LogP) is 3.18. The van der Waals surface area contributed by atoms with E-state index in [-0.39, 0.29) is 0 Å². The molecular weight excluding hydrogens is 262 g/mol. The van der Waals surface area contributed by atoms with Crippen molar-refractivity contribution in [2.24, 2.45) is 10.7 Å². The Morgan fingerprint density at radius 3 is 2.57 bits per heavy atom. The summed E-state index contributed by atoms with van der Waals surface area (Å²) in [5.74, 6) is 1.25. The molecule has 2 rings (SSSR count). The number of hydrogen-bond acceptors (Lipinski definition) is 2. The van der Waals surface area contributed by atoms with E-state index < -0.39 is 0 Å². The van der Waals surface area contributed by atoms with Crippen molar-refractivity contribution in [3.05, 3.63) is 59.7 Å². The van der Waals surface area contributed by atoms with E-state index in [1.165, 1.54) is 5.56 Å². The monoisotopic (exact) mass is 283 g/mol. The van der Waals surface area contributed by atoms with Gasteiger partial charge in [0.25, 0.3) is 0 Å². The number of aryl methyl sites for hydroxylation is 1. The Kier molecular flexibility index (Phi) is 5.21. The number of benzene rings is 2. The van der Waals surface area contributed by atoms with Crippen LogP contribution in [0.1, 0.15) is 18.1 Å². The number of hydrogen-bond donors (Lipinski definition) is 2. The number of methoxy groups -OCH3 is 1. The zero-order valence-corrected chi connectivity index (χ0v) is 12.5. The molecule has 2 aromatic rings. The third-order valence-electron chi connectivity index (χ3n) is 3.20. The molecule has 0 radical (unpaired) electrons. The van der Waals surface area contributed by atoms with Crippen LogP contribution in [0.2, 0.25) is 0 Å². The Labute approximate surface area is 125 Å². The van der Waals surface area contributed by atoms with Crippen LogP contribution in [0.25, 0.3) is 0 Å². The summed E-state index contributed by atoms with van der Waals surface area (Å²) >= 11 is 0. The zero-order chi connectivity index (χ0) is 15.1. The van der Waals surface area contributed by atoms with Crippen molar-refractivity contribution in [2.45, 2.75) is 19.9 Å². The number of nitrogens with one attached hydrogen (secondary N) is 1. The van der Waals surface area contributed by atoms with E-state index in [2.05, 4.69) is 29.4 Å². The lowest BCUT2D eigenvalue weighted by Gasteiger charge is -2.07. The van der Waals surface area contributed by atoms with Crippen LogP contribution in [-0.4, -0.2) is 13.1 Å². The largest absolute Gasteiger partial charge is 0.497 e. The number of nitrogens with zero attached hydrogens (tertiary/aromatic N) is 1. The molecule has 0 bridgehead atoms. The maximum absolute atomic E-state index is 5.92. The molecule has 0 aliphatic heterocycles. The van der Waals surface area contributed by atoms with Gasteiger partial charge in [-0.15, -0.1) is 0 Å². The molecule has 0 amide bonds. The fourth-order valence-electron chi connectivity index (χ4n) is 1.96. The highest BCUT2D eigenvalue weighted by molar-refractivity contribution is 5.92. The lowest BCUT2D eigenvalue weighted by Crippen LogP contribution is -2.22. The summed E-state index contributed by atoms with van der Waals surface area (Å²) in [5, 5.41) is 3.11. The van der Waals surface area contributed by atoms with Crippen LogP contribution in [0.5, 0.6) is 5.75 Å². The second-order valence-corrected chi connectivity index (χ2v) is 4.73. The molecule has 0 saturated carbocycles. The van der Waals surface area contributed by atoms with Crippen LogP contribution < -0.4 is 15.8 Å². The number of rotatable bonds is 5. The summed E-state index contributed by atoms with van der Waals surface area (Å²) in [6.07, 6.45) is 0.998. The SMILES string of the molecule is CCc1cccc(NC(N)=NCc2ccc(OC)cc2)c1. The van der Waals surface area contributed by atoms with E-state index in [1.807, 2.05) is 36.4 Å². The van der Waals surface area contributed by atoms with Crippen molar-refractivity contribution in [1.82, 2.24) is 0 Å². The third-order valence-corrected chi connectivity index (χ3v) is 3.20. The Bertz CT molecular complexity index is 606. The first-order chi connectivity index (χ1) is 10.2.